The molecule has 5 nitrogen and oxygen atoms in total. The molecule has 1 amide bonds. The van der Waals surface area contributed by atoms with Crippen LogP contribution in [-0.4, -0.2) is 47.2 Å². The van der Waals surface area contributed by atoms with Crippen molar-refractivity contribution in [3.63, 3.8) is 0 Å². The first-order valence-corrected chi connectivity index (χ1v) is 7.74. The summed E-state index contributed by atoms with van der Waals surface area (Å²) in [6.07, 6.45) is 3.49. The van der Waals surface area contributed by atoms with E-state index in [4.69, 9.17) is 4.74 Å². The molecule has 0 aliphatic carbocycles. The first kappa shape index (κ1) is 15.5. The average Bonchev–Trinajstić information content (AvgIpc) is 3.06. The maximum atomic E-state index is 12.4. The molecule has 1 fully saturated rings. The van der Waals surface area contributed by atoms with Crippen LogP contribution in [0.25, 0.3) is 0 Å². The molecule has 0 unspecified atom stereocenters. The number of rotatable bonds is 5. The second kappa shape index (κ2) is 7.24. The van der Waals surface area contributed by atoms with Crippen molar-refractivity contribution < 1.29 is 14.6 Å². The largest absolute Gasteiger partial charge is 0.484 e. The van der Waals surface area contributed by atoms with Gasteiger partial charge in [0.15, 0.2) is 6.61 Å². The second-order valence-electron chi connectivity index (χ2n) is 5.73. The Morgan fingerprint density at radius 1 is 1.17 bits per heavy atom. The van der Waals surface area contributed by atoms with Crippen molar-refractivity contribution >= 4 is 5.91 Å². The third-order valence-electron chi connectivity index (χ3n) is 4.27. The highest BCUT2D eigenvalue weighted by Crippen LogP contribution is 2.32. The molecule has 0 radical (unpaired) electrons. The predicted molar refractivity (Wildman–Crippen MR) is 86.1 cm³/mol. The molecule has 3 rings (SSSR count). The minimum atomic E-state index is -0.0520. The highest BCUT2D eigenvalue weighted by atomic mass is 16.5. The van der Waals surface area contributed by atoms with Gasteiger partial charge in [0.2, 0.25) is 0 Å². The van der Waals surface area contributed by atoms with Crippen molar-refractivity contribution in [2.45, 2.75) is 5.92 Å². The SMILES string of the molecule is O=C(COc1ccccc1)N1C[C@@H](CO)[C@H](c2ccncc2)C1. The van der Waals surface area contributed by atoms with Crippen LogP contribution in [0, 0.1) is 5.92 Å². The third-order valence-corrected chi connectivity index (χ3v) is 4.27. The normalized spacial score (nSPS) is 20.5. The number of aliphatic hydroxyl groups is 1. The summed E-state index contributed by atoms with van der Waals surface area (Å²) < 4.78 is 5.53. The summed E-state index contributed by atoms with van der Waals surface area (Å²) in [6.45, 7) is 1.24. The van der Waals surface area contributed by atoms with E-state index in [0.29, 0.717) is 18.8 Å². The molecule has 2 heterocycles. The number of pyridine rings is 1. The number of carbonyl (C=O) groups is 1. The smallest absolute Gasteiger partial charge is 0.260 e. The Bertz CT molecular complexity index is 633. The number of nitrogens with zero attached hydrogens (tertiary/aromatic N) is 2. The molecular weight excluding hydrogens is 292 g/mol. The van der Waals surface area contributed by atoms with Gasteiger partial charge in [-0.3, -0.25) is 9.78 Å². The van der Waals surface area contributed by atoms with E-state index >= 15 is 0 Å². The van der Waals surface area contributed by atoms with Gasteiger partial charge in [0.05, 0.1) is 0 Å². The Morgan fingerprint density at radius 2 is 1.91 bits per heavy atom. The number of amides is 1. The average molecular weight is 312 g/mol. The lowest BCUT2D eigenvalue weighted by atomic mass is 9.90. The van der Waals surface area contributed by atoms with E-state index in [2.05, 4.69) is 4.98 Å². The molecule has 0 spiro atoms. The Kier molecular flexibility index (Phi) is 4.88. The number of carbonyl (C=O) groups excluding carboxylic acids is 1. The van der Waals surface area contributed by atoms with Crippen LogP contribution in [0.1, 0.15) is 11.5 Å². The quantitative estimate of drug-likeness (QED) is 0.913. The lowest BCUT2D eigenvalue weighted by Gasteiger charge is -2.17. The van der Waals surface area contributed by atoms with E-state index in [1.165, 1.54) is 0 Å². The van der Waals surface area contributed by atoms with Gasteiger partial charge in [0, 0.05) is 43.9 Å². The fourth-order valence-corrected chi connectivity index (χ4v) is 3.00. The van der Waals surface area contributed by atoms with Gasteiger partial charge < -0.3 is 14.7 Å². The number of hydrogen-bond acceptors (Lipinski definition) is 4. The van der Waals surface area contributed by atoms with Gasteiger partial charge in [-0.05, 0) is 29.8 Å². The molecule has 1 aromatic carbocycles. The maximum absolute atomic E-state index is 12.4. The highest BCUT2D eigenvalue weighted by molar-refractivity contribution is 5.78. The van der Waals surface area contributed by atoms with Crippen LogP contribution in [0.2, 0.25) is 0 Å². The first-order chi connectivity index (χ1) is 11.3. The zero-order valence-electron chi connectivity index (χ0n) is 12.8. The maximum Gasteiger partial charge on any atom is 0.260 e. The molecule has 1 aromatic heterocycles. The molecule has 1 saturated heterocycles. The molecule has 1 aliphatic heterocycles. The monoisotopic (exact) mass is 312 g/mol. The van der Waals surface area contributed by atoms with Gasteiger partial charge in [0.25, 0.3) is 5.91 Å². The van der Waals surface area contributed by atoms with Gasteiger partial charge >= 0.3 is 0 Å². The Balaban J connectivity index is 1.61. The van der Waals surface area contributed by atoms with Crippen molar-refractivity contribution in [2.24, 2.45) is 5.92 Å². The molecule has 1 aliphatic rings. The summed E-state index contributed by atoms with van der Waals surface area (Å²) in [6, 6.07) is 13.2. The van der Waals surface area contributed by atoms with Crippen LogP contribution in [-0.2, 0) is 4.79 Å². The van der Waals surface area contributed by atoms with E-state index in [0.717, 1.165) is 5.56 Å². The predicted octanol–water partition coefficient (Wildman–Crippen LogP) is 1.69. The molecule has 23 heavy (non-hydrogen) atoms. The Hall–Kier alpha value is -2.40. The second-order valence-corrected chi connectivity index (χ2v) is 5.73. The summed E-state index contributed by atoms with van der Waals surface area (Å²) in [5, 5.41) is 9.62. The first-order valence-electron chi connectivity index (χ1n) is 7.74. The Morgan fingerprint density at radius 3 is 2.61 bits per heavy atom. The summed E-state index contributed by atoms with van der Waals surface area (Å²) in [5.41, 5.74) is 1.11. The van der Waals surface area contributed by atoms with Crippen LogP contribution in [0.5, 0.6) is 5.75 Å². The van der Waals surface area contributed by atoms with Crippen molar-refractivity contribution in [1.29, 1.82) is 0 Å². The number of hydrogen-bond donors (Lipinski definition) is 1. The van der Waals surface area contributed by atoms with Gasteiger partial charge in [-0.15, -0.1) is 0 Å². The third kappa shape index (κ3) is 3.68. The van der Waals surface area contributed by atoms with Crippen LogP contribution in [0.15, 0.2) is 54.9 Å². The van der Waals surface area contributed by atoms with Crippen LogP contribution in [0.3, 0.4) is 0 Å². The van der Waals surface area contributed by atoms with Gasteiger partial charge in [-0.1, -0.05) is 18.2 Å². The van der Waals surface area contributed by atoms with Gasteiger partial charge in [0.1, 0.15) is 5.75 Å². The minimum absolute atomic E-state index is 0.0191. The van der Waals surface area contributed by atoms with Gasteiger partial charge in [-0.2, -0.15) is 0 Å². The minimum Gasteiger partial charge on any atom is -0.484 e. The van der Waals surface area contributed by atoms with Crippen molar-refractivity contribution in [3.8, 4) is 5.75 Å². The summed E-state index contributed by atoms with van der Waals surface area (Å²) in [4.78, 5) is 18.2. The molecular formula is C18H20N2O3. The fourth-order valence-electron chi connectivity index (χ4n) is 3.00. The zero-order chi connectivity index (χ0) is 16.1. The molecule has 2 atom stereocenters. The summed E-state index contributed by atoms with van der Waals surface area (Å²) >= 11 is 0. The number of aromatic nitrogens is 1. The van der Waals surface area contributed by atoms with E-state index in [-0.39, 0.29) is 31.0 Å². The molecule has 0 saturated carbocycles. The van der Waals surface area contributed by atoms with E-state index < -0.39 is 0 Å². The van der Waals surface area contributed by atoms with Crippen molar-refractivity contribution in [2.75, 3.05) is 26.3 Å². The highest BCUT2D eigenvalue weighted by Gasteiger charge is 2.35. The van der Waals surface area contributed by atoms with Crippen molar-refractivity contribution in [3.05, 3.63) is 60.4 Å². The number of likely N-dealkylation sites (tertiary alicyclic amines) is 1. The lowest BCUT2D eigenvalue weighted by Crippen LogP contribution is -2.33. The Labute approximate surface area is 135 Å². The van der Waals surface area contributed by atoms with E-state index in [9.17, 15) is 9.90 Å². The van der Waals surface area contributed by atoms with E-state index in [1.54, 1.807) is 17.3 Å². The molecule has 5 heteroatoms. The van der Waals surface area contributed by atoms with Gasteiger partial charge in [-0.25, -0.2) is 0 Å². The fraction of sp³-hybridized carbons (Fsp3) is 0.333. The zero-order valence-corrected chi connectivity index (χ0v) is 12.8. The standard InChI is InChI=1S/C18H20N2O3/c21-12-15-10-20(11-17(15)14-6-8-19-9-7-14)18(22)13-23-16-4-2-1-3-5-16/h1-9,15,17,21H,10-13H2/t15-,17-/m0/s1. The van der Waals surface area contributed by atoms with Crippen LogP contribution >= 0.6 is 0 Å². The van der Waals surface area contributed by atoms with Crippen LogP contribution < -0.4 is 4.74 Å². The lowest BCUT2D eigenvalue weighted by molar-refractivity contribution is -0.132. The number of aliphatic hydroxyl groups excluding tert-OH is 1. The number of benzene rings is 1. The molecule has 2 aromatic rings. The summed E-state index contributed by atoms with van der Waals surface area (Å²) in [7, 11) is 0. The van der Waals surface area contributed by atoms with Crippen LogP contribution in [0.4, 0.5) is 0 Å². The number of ether oxygens (including phenoxy) is 1. The summed E-state index contributed by atoms with van der Waals surface area (Å²) in [5.74, 6) is 0.829. The van der Waals surface area contributed by atoms with Crippen molar-refractivity contribution in [1.82, 2.24) is 9.88 Å². The molecule has 120 valence electrons. The molecule has 1 N–H and O–H groups in total. The van der Waals surface area contributed by atoms with E-state index in [1.807, 2.05) is 42.5 Å². The molecule has 0 bridgehead atoms. The topological polar surface area (TPSA) is 62.7 Å². The number of para-hydroxylation sites is 1.